The van der Waals surface area contributed by atoms with Crippen molar-refractivity contribution in [1.82, 2.24) is 0 Å². The smallest absolute Gasteiger partial charge is 0.0880 e. The van der Waals surface area contributed by atoms with Gasteiger partial charge in [-0.25, -0.2) is 0 Å². The zero-order chi connectivity index (χ0) is 13.7. The number of aliphatic hydroxyl groups is 1. The summed E-state index contributed by atoms with van der Waals surface area (Å²) in [7, 11) is 0. The van der Waals surface area contributed by atoms with Crippen LogP contribution < -0.4 is 0 Å². The molecule has 0 saturated carbocycles. The Bertz CT molecular complexity index is 490. The molecule has 2 aromatic carbocycles. The van der Waals surface area contributed by atoms with Gasteiger partial charge in [-0.3, -0.25) is 0 Å². The van der Waals surface area contributed by atoms with Crippen LogP contribution in [0.4, 0.5) is 0 Å². The van der Waals surface area contributed by atoms with E-state index in [2.05, 4.69) is 38.1 Å². The number of aliphatic hydroxyl groups excluding tert-OH is 1. The SMILES string of the molecule is CC(C)SCC(O)c1ccc(-c2ccccc2)cc1. The van der Waals surface area contributed by atoms with Crippen molar-refractivity contribution in [2.75, 3.05) is 5.75 Å². The van der Waals surface area contributed by atoms with E-state index in [0.29, 0.717) is 5.25 Å². The molecule has 0 fully saturated rings. The molecule has 2 aromatic rings. The normalized spacial score (nSPS) is 12.6. The third kappa shape index (κ3) is 4.12. The van der Waals surface area contributed by atoms with Gasteiger partial charge in [-0.15, -0.1) is 0 Å². The maximum absolute atomic E-state index is 10.1. The Kier molecular flexibility index (Phi) is 5.06. The molecule has 1 nitrogen and oxygen atoms in total. The lowest BCUT2D eigenvalue weighted by Crippen LogP contribution is -2.03. The summed E-state index contributed by atoms with van der Waals surface area (Å²) in [6, 6.07) is 18.5. The van der Waals surface area contributed by atoms with Crippen LogP contribution in [0, 0.1) is 0 Å². The molecular formula is C17H20OS. The van der Waals surface area contributed by atoms with E-state index in [1.807, 2.05) is 30.3 Å². The van der Waals surface area contributed by atoms with Crippen LogP contribution in [0.25, 0.3) is 11.1 Å². The fourth-order valence-electron chi connectivity index (χ4n) is 1.91. The van der Waals surface area contributed by atoms with Crippen LogP contribution >= 0.6 is 11.8 Å². The lowest BCUT2D eigenvalue weighted by Gasteiger charge is -2.13. The highest BCUT2D eigenvalue weighted by Crippen LogP contribution is 2.24. The van der Waals surface area contributed by atoms with E-state index in [4.69, 9.17) is 0 Å². The molecule has 0 heterocycles. The van der Waals surface area contributed by atoms with Gasteiger partial charge in [0.2, 0.25) is 0 Å². The van der Waals surface area contributed by atoms with E-state index in [-0.39, 0.29) is 6.10 Å². The molecule has 1 N–H and O–H groups in total. The molecule has 0 bridgehead atoms. The van der Waals surface area contributed by atoms with Gasteiger partial charge in [0.1, 0.15) is 0 Å². The van der Waals surface area contributed by atoms with E-state index in [9.17, 15) is 5.11 Å². The summed E-state index contributed by atoms with van der Waals surface area (Å²) in [4.78, 5) is 0. The second kappa shape index (κ2) is 6.78. The topological polar surface area (TPSA) is 20.2 Å². The summed E-state index contributed by atoms with van der Waals surface area (Å²) >= 11 is 1.78. The minimum absolute atomic E-state index is 0.378. The van der Waals surface area contributed by atoms with Crippen LogP contribution in [0.15, 0.2) is 54.6 Å². The molecule has 2 rings (SSSR count). The average molecular weight is 272 g/mol. The van der Waals surface area contributed by atoms with Crippen LogP contribution in [0.1, 0.15) is 25.5 Å². The molecule has 1 unspecified atom stereocenters. The number of benzene rings is 2. The lowest BCUT2D eigenvalue weighted by molar-refractivity contribution is 0.204. The molecule has 0 aliphatic carbocycles. The van der Waals surface area contributed by atoms with Gasteiger partial charge in [0.15, 0.2) is 0 Å². The molecule has 0 spiro atoms. The molecular weight excluding hydrogens is 252 g/mol. The highest BCUT2D eigenvalue weighted by atomic mass is 32.2. The molecule has 0 saturated heterocycles. The Hall–Kier alpha value is -1.25. The van der Waals surface area contributed by atoms with E-state index in [1.54, 1.807) is 11.8 Å². The first-order valence-electron chi connectivity index (χ1n) is 6.62. The maximum Gasteiger partial charge on any atom is 0.0880 e. The van der Waals surface area contributed by atoms with E-state index < -0.39 is 0 Å². The van der Waals surface area contributed by atoms with Crippen LogP contribution in [0.3, 0.4) is 0 Å². The summed E-state index contributed by atoms with van der Waals surface area (Å²) in [5.74, 6) is 0.752. The second-order valence-electron chi connectivity index (χ2n) is 4.89. The van der Waals surface area contributed by atoms with Gasteiger partial charge >= 0.3 is 0 Å². The first kappa shape index (κ1) is 14.2. The number of hydrogen-bond acceptors (Lipinski definition) is 2. The van der Waals surface area contributed by atoms with Crippen molar-refractivity contribution in [1.29, 1.82) is 0 Å². The standard InChI is InChI=1S/C17H20OS/c1-13(2)19-12-17(18)16-10-8-15(9-11-16)14-6-4-3-5-7-14/h3-11,13,17-18H,12H2,1-2H3. The first-order valence-corrected chi connectivity index (χ1v) is 7.67. The Morgan fingerprint density at radius 2 is 1.47 bits per heavy atom. The van der Waals surface area contributed by atoms with E-state index in [1.165, 1.54) is 11.1 Å². The monoisotopic (exact) mass is 272 g/mol. The Balaban J connectivity index is 2.06. The van der Waals surface area contributed by atoms with Crippen molar-refractivity contribution in [2.45, 2.75) is 25.2 Å². The van der Waals surface area contributed by atoms with Crippen molar-refractivity contribution in [3.05, 3.63) is 60.2 Å². The molecule has 0 radical (unpaired) electrons. The molecule has 1 atom stereocenters. The lowest BCUT2D eigenvalue weighted by atomic mass is 10.0. The molecule has 0 amide bonds. The Morgan fingerprint density at radius 3 is 2.05 bits per heavy atom. The molecule has 0 aromatic heterocycles. The average Bonchev–Trinajstić information content (AvgIpc) is 2.46. The maximum atomic E-state index is 10.1. The molecule has 0 aliphatic rings. The largest absolute Gasteiger partial charge is 0.388 e. The molecule has 19 heavy (non-hydrogen) atoms. The van der Waals surface area contributed by atoms with Crippen molar-refractivity contribution < 1.29 is 5.11 Å². The summed E-state index contributed by atoms with van der Waals surface area (Å²) < 4.78 is 0. The third-order valence-electron chi connectivity index (χ3n) is 2.99. The Labute approximate surface area is 119 Å². The fourth-order valence-corrected chi connectivity index (χ4v) is 2.67. The van der Waals surface area contributed by atoms with Gasteiger partial charge in [0, 0.05) is 5.75 Å². The number of thioether (sulfide) groups is 1. The zero-order valence-corrected chi connectivity index (χ0v) is 12.2. The van der Waals surface area contributed by atoms with Gasteiger partial charge in [0.25, 0.3) is 0 Å². The van der Waals surface area contributed by atoms with E-state index in [0.717, 1.165) is 11.3 Å². The highest BCUT2D eigenvalue weighted by molar-refractivity contribution is 7.99. The Morgan fingerprint density at radius 1 is 0.895 bits per heavy atom. The first-order chi connectivity index (χ1) is 9.16. The second-order valence-corrected chi connectivity index (χ2v) is 6.50. The van der Waals surface area contributed by atoms with Crippen LogP contribution in [-0.2, 0) is 0 Å². The van der Waals surface area contributed by atoms with Crippen molar-refractivity contribution in [2.24, 2.45) is 0 Å². The predicted molar refractivity (Wildman–Crippen MR) is 84.4 cm³/mol. The fraction of sp³-hybridized carbons (Fsp3) is 0.294. The van der Waals surface area contributed by atoms with Crippen LogP contribution in [0.5, 0.6) is 0 Å². The quantitative estimate of drug-likeness (QED) is 0.863. The minimum Gasteiger partial charge on any atom is -0.388 e. The summed E-state index contributed by atoms with van der Waals surface area (Å²) in [6.07, 6.45) is -0.378. The third-order valence-corrected chi connectivity index (χ3v) is 4.16. The van der Waals surface area contributed by atoms with Gasteiger partial charge in [-0.05, 0) is 21.9 Å². The number of hydrogen-bond donors (Lipinski definition) is 1. The van der Waals surface area contributed by atoms with Gasteiger partial charge in [-0.2, -0.15) is 11.8 Å². The number of rotatable bonds is 5. The van der Waals surface area contributed by atoms with Gasteiger partial charge < -0.3 is 5.11 Å². The van der Waals surface area contributed by atoms with Crippen LogP contribution in [-0.4, -0.2) is 16.1 Å². The van der Waals surface area contributed by atoms with Gasteiger partial charge in [0.05, 0.1) is 6.10 Å². The van der Waals surface area contributed by atoms with Gasteiger partial charge in [-0.1, -0.05) is 68.4 Å². The summed E-state index contributed by atoms with van der Waals surface area (Å²) in [5, 5.41) is 10.7. The summed E-state index contributed by atoms with van der Waals surface area (Å²) in [5.41, 5.74) is 3.39. The molecule has 0 aliphatic heterocycles. The zero-order valence-electron chi connectivity index (χ0n) is 11.4. The summed E-state index contributed by atoms with van der Waals surface area (Å²) in [6.45, 7) is 4.30. The highest BCUT2D eigenvalue weighted by Gasteiger charge is 2.08. The molecule has 2 heteroatoms. The minimum atomic E-state index is -0.378. The van der Waals surface area contributed by atoms with Crippen molar-refractivity contribution in [3.8, 4) is 11.1 Å². The van der Waals surface area contributed by atoms with Crippen LogP contribution in [0.2, 0.25) is 0 Å². The van der Waals surface area contributed by atoms with Crippen molar-refractivity contribution in [3.63, 3.8) is 0 Å². The predicted octanol–water partition coefficient (Wildman–Crippen LogP) is 4.53. The van der Waals surface area contributed by atoms with Crippen molar-refractivity contribution >= 4 is 11.8 Å². The van der Waals surface area contributed by atoms with E-state index >= 15 is 0 Å². The molecule has 100 valence electrons.